The molecule has 2 heterocycles. The van der Waals surface area contributed by atoms with E-state index in [1.165, 1.54) is 16.2 Å². The van der Waals surface area contributed by atoms with Crippen LogP contribution in [0.4, 0.5) is 4.79 Å². The summed E-state index contributed by atoms with van der Waals surface area (Å²) in [6, 6.07) is 10.7. The molecule has 0 atom stereocenters. The van der Waals surface area contributed by atoms with Gasteiger partial charge in [-0.25, -0.2) is 0 Å². The van der Waals surface area contributed by atoms with Crippen LogP contribution in [0.15, 0.2) is 46.7 Å². The van der Waals surface area contributed by atoms with Crippen LogP contribution in [-0.4, -0.2) is 29.2 Å². The van der Waals surface area contributed by atoms with Gasteiger partial charge in [0, 0.05) is 9.90 Å². The third-order valence-electron chi connectivity index (χ3n) is 3.09. The van der Waals surface area contributed by atoms with Crippen LogP contribution in [0, 0.1) is 0 Å². The smallest absolute Gasteiger partial charge is 0.293 e. The summed E-state index contributed by atoms with van der Waals surface area (Å²) in [6.45, 7) is 0.459. The highest BCUT2D eigenvalue weighted by atomic mass is 35.5. The highest BCUT2D eigenvalue weighted by molar-refractivity contribution is 8.18. The van der Waals surface area contributed by atoms with E-state index in [0.29, 0.717) is 15.7 Å². The lowest BCUT2D eigenvalue weighted by molar-refractivity contribution is -0.123. The van der Waals surface area contributed by atoms with E-state index in [2.05, 4.69) is 0 Å². The molecule has 118 valence electrons. The molecule has 0 spiro atoms. The Morgan fingerprint density at radius 3 is 2.65 bits per heavy atom. The van der Waals surface area contributed by atoms with Gasteiger partial charge in [-0.15, -0.1) is 11.3 Å². The Kier molecular flexibility index (Phi) is 5.05. The van der Waals surface area contributed by atoms with Crippen LogP contribution in [0.25, 0.3) is 6.08 Å². The Hall–Kier alpha value is -1.76. The van der Waals surface area contributed by atoms with Gasteiger partial charge in [0.25, 0.3) is 11.1 Å². The van der Waals surface area contributed by atoms with E-state index in [9.17, 15) is 9.59 Å². The second-order valence-electron chi connectivity index (χ2n) is 4.65. The summed E-state index contributed by atoms with van der Waals surface area (Å²) < 4.78 is 5.53. The second kappa shape index (κ2) is 7.21. The van der Waals surface area contributed by atoms with Gasteiger partial charge in [-0.1, -0.05) is 17.7 Å². The largest absolute Gasteiger partial charge is 0.492 e. The summed E-state index contributed by atoms with van der Waals surface area (Å²) >= 11 is 8.28. The first-order valence-electron chi connectivity index (χ1n) is 6.81. The van der Waals surface area contributed by atoms with Crippen molar-refractivity contribution in [3.05, 3.63) is 56.6 Å². The van der Waals surface area contributed by atoms with Gasteiger partial charge in [0.2, 0.25) is 0 Å². The molecule has 0 saturated carbocycles. The molecule has 4 nitrogen and oxygen atoms in total. The van der Waals surface area contributed by atoms with E-state index in [4.69, 9.17) is 16.3 Å². The average molecular weight is 366 g/mol. The lowest BCUT2D eigenvalue weighted by atomic mass is 10.3. The van der Waals surface area contributed by atoms with E-state index in [0.717, 1.165) is 16.6 Å². The predicted octanol–water partition coefficient (Wildman–Crippen LogP) is 4.52. The van der Waals surface area contributed by atoms with Crippen LogP contribution in [0.1, 0.15) is 4.88 Å². The van der Waals surface area contributed by atoms with Crippen molar-refractivity contribution in [2.24, 2.45) is 0 Å². The summed E-state index contributed by atoms with van der Waals surface area (Å²) in [5, 5.41) is 2.29. The number of hydrogen-bond donors (Lipinski definition) is 0. The Bertz CT molecular complexity index is 741. The van der Waals surface area contributed by atoms with Crippen LogP contribution in [0.5, 0.6) is 5.75 Å². The van der Waals surface area contributed by atoms with Crippen molar-refractivity contribution in [1.82, 2.24) is 4.90 Å². The predicted molar refractivity (Wildman–Crippen MR) is 93.9 cm³/mol. The topological polar surface area (TPSA) is 46.6 Å². The molecule has 1 aliphatic heterocycles. The molecule has 1 fully saturated rings. The SMILES string of the molecule is O=C1S/C(=C\c2cccs2)C(=O)N1CCOc1ccc(Cl)cc1. The number of thiophene rings is 1. The minimum absolute atomic E-state index is 0.217. The van der Waals surface area contributed by atoms with E-state index in [1.54, 1.807) is 30.3 Å². The molecule has 0 bridgehead atoms. The van der Waals surface area contributed by atoms with Gasteiger partial charge in [0.05, 0.1) is 11.4 Å². The number of thioether (sulfide) groups is 1. The van der Waals surface area contributed by atoms with Crippen molar-refractivity contribution in [3.63, 3.8) is 0 Å². The Balaban J connectivity index is 1.59. The lowest BCUT2D eigenvalue weighted by Crippen LogP contribution is -2.32. The van der Waals surface area contributed by atoms with E-state index >= 15 is 0 Å². The van der Waals surface area contributed by atoms with Gasteiger partial charge in [-0.3, -0.25) is 14.5 Å². The number of benzene rings is 1. The molecule has 0 N–H and O–H groups in total. The molecule has 1 saturated heterocycles. The fraction of sp³-hybridized carbons (Fsp3) is 0.125. The van der Waals surface area contributed by atoms with Crippen LogP contribution >= 0.6 is 34.7 Å². The number of imide groups is 1. The summed E-state index contributed by atoms with van der Waals surface area (Å²) in [5.41, 5.74) is 0. The van der Waals surface area contributed by atoms with Crippen LogP contribution in [0.3, 0.4) is 0 Å². The molecule has 3 rings (SSSR count). The van der Waals surface area contributed by atoms with Crippen LogP contribution in [0.2, 0.25) is 5.02 Å². The van der Waals surface area contributed by atoms with Crippen molar-refractivity contribution in [3.8, 4) is 5.75 Å². The van der Waals surface area contributed by atoms with Gasteiger partial charge in [0.15, 0.2) is 0 Å². The first kappa shape index (κ1) is 16.1. The van der Waals surface area contributed by atoms with Gasteiger partial charge < -0.3 is 4.74 Å². The standard InChI is InChI=1S/C16H12ClNO3S2/c17-11-3-5-12(6-4-11)21-8-7-18-15(19)14(23-16(18)20)10-13-2-1-9-22-13/h1-6,9-10H,7-8H2/b14-10-. The number of halogens is 1. The molecule has 7 heteroatoms. The van der Waals surface area contributed by atoms with Crippen LogP contribution < -0.4 is 4.74 Å². The number of carbonyl (C=O) groups excluding carboxylic acids is 2. The number of carbonyl (C=O) groups is 2. The molecule has 0 unspecified atom stereocenters. The molecule has 23 heavy (non-hydrogen) atoms. The fourth-order valence-electron chi connectivity index (χ4n) is 1.98. The maximum Gasteiger partial charge on any atom is 0.293 e. The number of hydrogen-bond acceptors (Lipinski definition) is 5. The maximum absolute atomic E-state index is 12.3. The maximum atomic E-state index is 12.3. The lowest BCUT2D eigenvalue weighted by Gasteiger charge is -2.13. The fourth-order valence-corrected chi connectivity index (χ4v) is 3.69. The Labute approximate surface area is 146 Å². The minimum atomic E-state index is -0.270. The average Bonchev–Trinajstić information content (AvgIpc) is 3.13. The van der Waals surface area contributed by atoms with Gasteiger partial charge in [-0.2, -0.15) is 0 Å². The molecule has 2 amide bonds. The van der Waals surface area contributed by atoms with Crippen molar-refractivity contribution in [2.45, 2.75) is 0 Å². The first-order chi connectivity index (χ1) is 11.1. The van der Waals surface area contributed by atoms with Crippen molar-refractivity contribution < 1.29 is 14.3 Å². The highest BCUT2D eigenvalue weighted by Gasteiger charge is 2.34. The number of rotatable bonds is 5. The van der Waals surface area contributed by atoms with Gasteiger partial charge in [0.1, 0.15) is 12.4 Å². The molecular weight excluding hydrogens is 354 g/mol. The molecule has 1 aliphatic rings. The molecular formula is C16H12ClNO3S2. The first-order valence-corrected chi connectivity index (χ1v) is 8.88. The summed E-state index contributed by atoms with van der Waals surface area (Å²) in [4.78, 5) is 26.9. The van der Waals surface area contributed by atoms with E-state index < -0.39 is 0 Å². The molecule has 1 aromatic heterocycles. The molecule has 0 aliphatic carbocycles. The summed E-state index contributed by atoms with van der Waals surface area (Å²) in [7, 11) is 0. The van der Waals surface area contributed by atoms with Gasteiger partial charge in [-0.05, 0) is 53.5 Å². The quantitative estimate of drug-likeness (QED) is 0.731. The summed E-state index contributed by atoms with van der Waals surface area (Å²) in [5.74, 6) is 0.378. The number of ether oxygens (including phenoxy) is 1. The van der Waals surface area contributed by atoms with Gasteiger partial charge >= 0.3 is 0 Å². The zero-order valence-corrected chi connectivity index (χ0v) is 14.3. The number of amides is 2. The highest BCUT2D eigenvalue weighted by Crippen LogP contribution is 2.32. The Morgan fingerprint density at radius 1 is 1.17 bits per heavy atom. The van der Waals surface area contributed by atoms with Crippen molar-refractivity contribution in [1.29, 1.82) is 0 Å². The van der Waals surface area contributed by atoms with Crippen molar-refractivity contribution in [2.75, 3.05) is 13.2 Å². The van der Waals surface area contributed by atoms with E-state index in [1.807, 2.05) is 17.5 Å². The van der Waals surface area contributed by atoms with E-state index in [-0.39, 0.29) is 24.3 Å². The van der Waals surface area contributed by atoms with Crippen LogP contribution in [-0.2, 0) is 4.79 Å². The second-order valence-corrected chi connectivity index (χ2v) is 7.06. The Morgan fingerprint density at radius 2 is 1.96 bits per heavy atom. The number of nitrogens with zero attached hydrogens (tertiary/aromatic N) is 1. The third kappa shape index (κ3) is 3.96. The monoisotopic (exact) mass is 365 g/mol. The molecule has 2 aromatic rings. The molecule has 0 radical (unpaired) electrons. The zero-order valence-electron chi connectivity index (χ0n) is 11.9. The normalized spacial score (nSPS) is 16.4. The zero-order chi connectivity index (χ0) is 16.2. The summed E-state index contributed by atoms with van der Waals surface area (Å²) in [6.07, 6.45) is 1.75. The third-order valence-corrected chi connectivity index (χ3v) is 5.07. The molecule has 1 aromatic carbocycles. The van der Waals surface area contributed by atoms with Crippen molar-refractivity contribution >= 4 is 51.9 Å². The minimum Gasteiger partial charge on any atom is -0.492 e.